The molecule has 0 aliphatic rings. The minimum Gasteiger partial charge on any atom is -0.396 e. The van der Waals surface area contributed by atoms with Crippen molar-refractivity contribution in [3.05, 3.63) is 0 Å². The first-order valence-electron chi connectivity index (χ1n) is 2.17. The van der Waals surface area contributed by atoms with Gasteiger partial charge in [0.25, 0.3) is 0 Å². The molecule has 0 aliphatic heterocycles. The highest BCUT2D eigenvalue weighted by molar-refractivity contribution is 6.51. The van der Waals surface area contributed by atoms with E-state index in [2.05, 4.69) is 0 Å². The van der Waals surface area contributed by atoms with E-state index in [1.807, 2.05) is 0 Å². The number of alkyl halides is 3. The Morgan fingerprint density at radius 1 is 1.38 bits per heavy atom. The van der Waals surface area contributed by atoms with E-state index >= 15 is 0 Å². The maximum atomic E-state index is 8.31. The number of halogens is 3. The van der Waals surface area contributed by atoms with Crippen molar-refractivity contribution in [2.45, 2.75) is 10.8 Å². The fourth-order valence-corrected chi connectivity index (χ4v) is 0.533. The van der Waals surface area contributed by atoms with Gasteiger partial charge in [-0.2, -0.15) is 0 Å². The van der Waals surface area contributed by atoms with Crippen LogP contribution in [-0.4, -0.2) is 21.9 Å². The molecule has 0 aromatic carbocycles. The molecule has 0 atom stereocenters. The summed E-state index contributed by atoms with van der Waals surface area (Å²) in [5.41, 5.74) is 0. The zero-order valence-electron chi connectivity index (χ0n) is 4.20. The molecule has 0 fully saturated rings. The van der Waals surface area contributed by atoms with Crippen molar-refractivity contribution in [3.63, 3.8) is 0 Å². The molecule has 0 aliphatic carbocycles. The molecule has 4 heteroatoms. The number of rotatable bonds is 3. The molecular weight excluding hydrogens is 170 g/mol. The minimum atomic E-state index is -0.948. The summed E-state index contributed by atoms with van der Waals surface area (Å²) in [5.74, 6) is 0.149. The molecule has 0 aromatic rings. The highest BCUT2D eigenvalue weighted by atomic mass is 35.5. The van der Waals surface area contributed by atoms with E-state index in [1.165, 1.54) is 0 Å². The molecule has 0 amide bonds. The monoisotopic (exact) mass is 176 g/mol. The molecule has 0 spiro atoms. The normalized spacial score (nSPS) is 12.0. The number of aliphatic hydroxyl groups is 1. The Bertz CT molecular complexity index is 64.3. The van der Waals surface area contributed by atoms with Gasteiger partial charge in [-0.15, -0.1) is 34.8 Å². The van der Waals surface area contributed by atoms with E-state index in [-0.39, 0.29) is 12.5 Å². The van der Waals surface area contributed by atoms with Crippen molar-refractivity contribution >= 4 is 34.8 Å². The molecule has 8 heavy (non-hydrogen) atoms. The minimum absolute atomic E-state index is 0.0281. The SMILES string of the molecule is OCCC(Cl)(Cl)CCl. The lowest BCUT2D eigenvalue weighted by Crippen LogP contribution is -2.16. The Morgan fingerprint density at radius 2 is 1.88 bits per heavy atom. The lowest BCUT2D eigenvalue weighted by molar-refractivity contribution is 0.284. The first-order chi connectivity index (χ1) is 3.62. The van der Waals surface area contributed by atoms with Crippen LogP contribution in [0.15, 0.2) is 0 Å². The first-order valence-corrected chi connectivity index (χ1v) is 3.46. The molecule has 0 saturated carbocycles. The summed E-state index contributed by atoms with van der Waals surface area (Å²) in [6, 6.07) is 0. The second-order valence-corrected chi connectivity index (χ2v) is 3.37. The molecule has 0 aromatic heterocycles. The Balaban J connectivity index is 3.37. The van der Waals surface area contributed by atoms with Crippen LogP contribution in [0.4, 0.5) is 0 Å². The fourth-order valence-electron chi connectivity index (χ4n) is 0.230. The van der Waals surface area contributed by atoms with E-state index in [1.54, 1.807) is 0 Å². The van der Waals surface area contributed by atoms with Crippen molar-refractivity contribution in [3.8, 4) is 0 Å². The van der Waals surface area contributed by atoms with E-state index in [0.717, 1.165) is 0 Å². The van der Waals surface area contributed by atoms with Crippen LogP contribution in [0.5, 0.6) is 0 Å². The van der Waals surface area contributed by atoms with Gasteiger partial charge < -0.3 is 5.11 Å². The molecule has 0 unspecified atom stereocenters. The van der Waals surface area contributed by atoms with Crippen molar-refractivity contribution in [2.24, 2.45) is 0 Å². The average Bonchev–Trinajstić information content (AvgIpc) is 1.67. The van der Waals surface area contributed by atoms with E-state index in [4.69, 9.17) is 39.9 Å². The van der Waals surface area contributed by atoms with Crippen LogP contribution in [0, 0.1) is 0 Å². The summed E-state index contributed by atoms with van der Waals surface area (Å²) in [6.07, 6.45) is 0.319. The van der Waals surface area contributed by atoms with Crippen LogP contribution >= 0.6 is 34.8 Å². The summed E-state index contributed by atoms with van der Waals surface area (Å²) in [5, 5.41) is 8.31. The third-order valence-electron chi connectivity index (χ3n) is 0.673. The molecule has 0 rings (SSSR count). The number of hydrogen-bond acceptors (Lipinski definition) is 1. The van der Waals surface area contributed by atoms with Gasteiger partial charge in [0.05, 0.1) is 5.88 Å². The molecule has 1 nitrogen and oxygen atoms in total. The van der Waals surface area contributed by atoms with Crippen LogP contribution < -0.4 is 0 Å². The Hall–Kier alpha value is 0.830. The lowest BCUT2D eigenvalue weighted by atomic mass is 10.3. The van der Waals surface area contributed by atoms with Crippen molar-refractivity contribution in [1.82, 2.24) is 0 Å². The topological polar surface area (TPSA) is 20.2 Å². The maximum Gasteiger partial charge on any atom is 0.133 e. The predicted octanol–water partition coefficient (Wildman–Crippen LogP) is 1.78. The van der Waals surface area contributed by atoms with Crippen molar-refractivity contribution < 1.29 is 5.11 Å². The first kappa shape index (κ1) is 8.83. The molecule has 0 bridgehead atoms. The van der Waals surface area contributed by atoms with Gasteiger partial charge in [0.1, 0.15) is 4.33 Å². The van der Waals surface area contributed by atoms with Gasteiger partial charge >= 0.3 is 0 Å². The summed E-state index contributed by atoms with van der Waals surface area (Å²) < 4.78 is -0.948. The smallest absolute Gasteiger partial charge is 0.133 e. The summed E-state index contributed by atoms with van der Waals surface area (Å²) in [7, 11) is 0. The molecular formula is C4H7Cl3O. The highest BCUT2D eigenvalue weighted by Crippen LogP contribution is 2.25. The zero-order chi connectivity index (χ0) is 6.62. The van der Waals surface area contributed by atoms with Gasteiger partial charge in [-0.05, 0) is 0 Å². The van der Waals surface area contributed by atoms with E-state index in [9.17, 15) is 0 Å². The number of hydrogen-bond donors (Lipinski definition) is 1. The van der Waals surface area contributed by atoms with E-state index < -0.39 is 4.33 Å². The summed E-state index contributed by atoms with van der Waals surface area (Å²) in [6.45, 7) is -0.0281. The van der Waals surface area contributed by atoms with Gasteiger partial charge in [0, 0.05) is 13.0 Å². The van der Waals surface area contributed by atoms with Gasteiger partial charge in [0.2, 0.25) is 0 Å². The third-order valence-corrected chi connectivity index (χ3v) is 2.05. The van der Waals surface area contributed by atoms with Crippen molar-refractivity contribution in [1.29, 1.82) is 0 Å². The molecule has 0 heterocycles. The Morgan fingerprint density at radius 3 is 2.00 bits per heavy atom. The van der Waals surface area contributed by atoms with Gasteiger partial charge in [-0.3, -0.25) is 0 Å². The number of aliphatic hydroxyl groups excluding tert-OH is 1. The lowest BCUT2D eigenvalue weighted by Gasteiger charge is -2.12. The summed E-state index contributed by atoms with van der Waals surface area (Å²) >= 11 is 16.3. The maximum absolute atomic E-state index is 8.31. The third kappa shape index (κ3) is 3.79. The molecule has 0 saturated heterocycles. The second kappa shape index (κ2) is 3.78. The molecule has 50 valence electrons. The average molecular weight is 177 g/mol. The van der Waals surface area contributed by atoms with Crippen molar-refractivity contribution in [2.75, 3.05) is 12.5 Å². The fraction of sp³-hybridized carbons (Fsp3) is 1.00. The Labute approximate surface area is 63.5 Å². The van der Waals surface area contributed by atoms with Crippen LogP contribution in [0.3, 0.4) is 0 Å². The van der Waals surface area contributed by atoms with Gasteiger partial charge in [-0.25, -0.2) is 0 Å². The molecule has 1 N–H and O–H groups in total. The highest BCUT2D eigenvalue weighted by Gasteiger charge is 2.20. The summed E-state index contributed by atoms with van der Waals surface area (Å²) in [4.78, 5) is 0. The standard InChI is InChI=1S/C4H7Cl3O/c5-3-4(6,7)1-2-8/h8H,1-3H2. The van der Waals surface area contributed by atoms with Crippen LogP contribution in [0.2, 0.25) is 0 Å². The quantitative estimate of drug-likeness (QED) is 0.652. The van der Waals surface area contributed by atoms with Gasteiger partial charge in [0.15, 0.2) is 0 Å². The second-order valence-electron chi connectivity index (χ2n) is 1.46. The van der Waals surface area contributed by atoms with E-state index in [0.29, 0.717) is 6.42 Å². The largest absolute Gasteiger partial charge is 0.396 e. The van der Waals surface area contributed by atoms with Crippen LogP contribution in [0.1, 0.15) is 6.42 Å². The van der Waals surface area contributed by atoms with Gasteiger partial charge in [-0.1, -0.05) is 0 Å². The predicted molar refractivity (Wildman–Crippen MR) is 36.9 cm³/mol. The van der Waals surface area contributed by atoms with Crippen LogP contribution in [0.25, 0.3) is 0 Å². The molecule has 0 radical (unpaired) electrons. The Kier molecular flexibility index (Phi) is 4.17. The zero-order valence-corrected chi connectivity index (χ0v) is 6.47. The van der Waals surface area contributed by atoms with Crippen LogP contribution in [-0.2, 0) is 0 Å².